The van der Waals surface area contributed by atoms with Crippen LogP contribution in [0.1, 0.15) is 30.1 Å². The number of carbonyl (C=O) groups is 1. The van der Waals surface area contributed by atoms with Gasteiger partial charge in [0, 0.05) is 36.3 Å². The highest BCUT2D eigenvalue weighted by atomic mass is 16.2. The Kier molecular flexibility index (Phi) is 3.88. The van der Waals surface area contributed by atoms with E-state index < -0.39 is 0 Å². The lowest BCUT2D eigenvalue weighted by molar-refractivity contribution is 0.0683. The van der Waals surface area contributed by atoms with E-state index in [1.807, 2.05) is 35.2 Å². The largest absolute Gasteiger partial charge is 0.339 e. The van der Waals surface area contributed by atoms with E-state index in [4.69, 9.17) is 5.73 Å². The highest BCUT2D eigenvalue weighted by Gasteiger charge is 2.26. The van der Waals surface area contributed by atoms with Gasteiger partial charge in [0.15, 0.2) is 0 Å². The number of nitrogens with zero attached hydrogens (tertiary/aromatic N) is 2. The number of aromatic nitrogens is 1. The molecule has 3 rings (SSSR count). The molecule has 0 aliphatic carbocycles. The van der Waals surface area contributed by atoms with Crippen molar-refractivity contribution in [2.75, 3.05) is 13.1 Å². The van der Waals surface area contributed by atoms with Gasteiger partial charge in [-0.15, -0.1) is 0 Å². The van der Waals surface area contributed by atoms with Gasteiger partial charge < -0.3 is 10.6 Å². The average molecular weight is 283 g/mol. The molecule has 0 saturated carbocycles. The first-order valence-electron chi connectivity index (χ1n) is 7.55. The molecule has 1 fully saturated rings. The zero-order valence-electron chi connectivity index (χ0n) is 12.3. The molecule has 21 heavy (non-hydrogen) atoms. The number of amides is 1. The fraction of sp³-hybridized carbons (Fsp3) is 0.412. The van der Waals surface area contributed by atoms with Gasteiger partial charge in [-0.2, -0.15) is 0 Å². The Morgan fingerprint density at radius 3 is 2.76 bits per heavy atom. The summed E-state index contributed by atoms with van der Waals surface area (Å²) in [6.07, 6.45) is 3.74. The minimum atomic E-state index is 0.108. The second kappa shape index (κ2) is 5.82. The molecule has 1 amide bonds. The number of pyridine rings is 1. The number of carbonyl (C=O) groups excluding carboxylic acids is 1. The lowest BCUT2D eigenvalue weighted by Gasteiger charge is -2.34. The zero-order valence-corrected chi connectivity index (χ0v) is 12.3. The van der Waals surface area contributed by atoms with Crippen LogP contribution in [-0.2, 0) is 0 Å². The number of benzene rings is 1. The summed E-state index contributed by atoms with van der Waals surface area (Å²) in [6.45, 7) is 3.64. The Morgan fingerprint density at radius 1 is 1.29 bits per heavy atom. The number of piperidine rings is 1. The molecule has 0 spiro atoms. The third-order valence-corrected chi connectivity index (χ3v) is 4.45. The molecule has 110 valence electrons. The topological polar surface area (TPSA) is 59.2 Å². The van der Waals surface area contributed by atoms with Crippen molar-refractivity contribution in [3.8, 4) is 0 Å². The van der Waals surface area contributed by atoms with Gasteiger partial charge in [0.1, 0.15) is 0 Å². The van der Waals surface area contributed by atoms with Crippen LogP contribution in [0, 0.1) is 5.92 Å². The van der Waals surface area contributed by atoms with E-state index in [1.165, 1.54) is 0 Å². The van der Waals surface area contributed by atoms with Gasteiger partial charge in [-0.1, -0.05) is 12.1 Å². The predicted molar refractivity (Wildman–Crippen MR) is 84.0 cm³/mol. The summed E-state index contributed by atoms with van der Waals surface area (Å²) in [5.74, 6) is 0.639. The molecule has 1 aliphatic rings. The van der Waals surface area contributed by atoms with Crippen molar-refractivity contribution < 1.29 is 4.79 Å². The first-order valence-corrected chi connectivity index (χ1v) is 7.55. The predicted octanol–water partition coefficient (Wildman–Crippen LogP) is 2.43. The van der Waals surface area contributed by atoms with Gasteiger partial charge in [-0.25, -0.2) is 0 Å². The molecule has 0 bridgehead atoms. The van der Waals surface area contributed by atoms with Gasteiger partial charge in [-0.05, 0) is 43.9 Å². The van der Waals surface area contributed by atoms with Crippen LogP contribution in [0.4, 0.5) is 0 Å². The molecule has 4 nitrogen and oxygen atoms in total. The molecule has 1 aromatic heterocycles. The lowest BCUT2D eigenvalue weighted by Crippen LogP contribution is -2.42. The van der Waals surface area contributed by atoms with Crippen LogP contribution < -0.4 is 5.73 Å². The molecular formula is C17H21N3O. The second-order valence-corrected chi connectivity index (χ2v) is 5.86. The highest BCUT2D eigenvalue weighted by Crippen LogP contribution is 2.23. The third-order valence-electron chi connectivity index (χ3n) is 4.45. The summed E-state index contributed by atoms with van der Waals surface area (Å²) < 4.78 is 0. The van der Waals surface area contributed by atoms with Crippen molar-refractivity contribution in [1.29, 1.82) is 0 Å². The van der Waals surface area contributed by atoms with E-state index in [2.05, 4.69) is 11.9 Å². The Balaban J connectivity index is 1.82. The molecule has 2 heterocycles. The zero-order chi connectivity index (χ0) is 14.8. The Morgan fingerprint density at radius 2 is 2.05 bits per heavy atom. The maximum atomic E-state index is 12.8. The van der Waals surface area contributed by atoms with Crippen molar-refractivity contribution in [1.82, 2.24) is 9.88 Å². The molecule has 1 unspecified atom stereocenters. The van der Waals surface area contributed by atoms with E-state index in [0.29, 0.717) is 5.92 Å². The minimum absolute atomic E-state index is 0.108. The normalized spacial score (nSPS) is 17.9. The number of rotatable bonds is 2. The Labute approximate surface area is 125 Å². The molecule has 2 aromatic rings. The van der Waals surface area contributed by atoms with Gasteiger partial charge in [0.25, 0.3) is 5.91 Å². The van der Waals surface area contributed by atoms with E-state index in [-0.39, 0.29) is 11.9 Å². The molecule has 1 aromatic carbocycles. The average Bonchev–Trinajstić information content (AvgIpc) is 2.53. The van der Waals surface area contributed by atoms with Crippen LogP contribution in [-0.4, -0.2) is 34.9 Å². The SMILES string of the molecule is CC(N)C1CCN(C(=O)c2cccc3ncccc23)CC1. The summed E-state index contributed by atoms with van der Waals surface area (Å²) in [5.41, 5.74) is 7.58. The highest BCUT2D eigenvalue weighted by molar-refractivity contribution is 6.06. The summed E-state index contributed by atoms with van der Waals surface area (Å²) in [7, 11) is 0. The number of hydrogen-bond donors (Lipinski definition) is 1. The molecule has 1 aliphatic heterocycles. The fourth-order valence-electron chi connectivity index (χ4n) is 3.09. The molecule has 0 radical (unpaired) electrons. The molecule has 1 atom stereocenters. The molecule has 2 N–H and O–H groups in total. The van der Waals surface area contributed by atoms with Crippen LogP contribution in [0.5, 0.6) is 0 Å². The van der Waals surface area contributed by atoms with Gasteiger partial charge in [0.05, 0.1) is 5.52 Å². The van der Waals surface area contributed by atoms with Crippen LogP contribution in [0.25, 0.3) is 10.9 Å². The third kappa shape index (κ3) is 2.76. The van der Waals surface area contributed by atoms with Gasteiger partial charge >= 0.3 is 0 Å². The van der Waals surface area contributed by atoms with Crippen LogP contribution >= 0.6 is 0 Å². The first kappa shape index (κ1) is 14.0. The van der Waals surface area contributed by atoms with Gasteiger partial charge in [-0.3, -0.25) is 9.78 Å². The molecular weight excluding hydrogens is 262 g/mol. The quantitative estimate of drug-likeness (QED) is 0.921. The number of hydrogen-bond acceptors (Lipinski definition) is 3. The molecule has 1 saturated heterocycles. The lowest BCUT2D eigenvalue weighted by atomic mass is 9.90. The van der Waals surface area contributed by atoms with Crippen molar-refractivity contribution in [3.63, 3.8) is 0 Å². The maximum absolute atomic E-state index is 12.8. The Hall–Kier alpha value is -1.94. The van der Waals surface area contributed by atoms with E-state index in [1.54, 1.807) is 6.20 Å². The van der Waals surface area contributed by atoms with Crippen LogP contribution in [0.2, 0.25) is 0 Å². The van der Waals surface area contributed by atoms with Crippen molar-refractivity contribution in [2.24, 2.45) is 11.7 Å². The standard InChI is InChI=1S/C17H21N3O/c1-12(18)13-7-10-20(11-8-13)17(21)15-4-2-6-16-14(15)5-3-9-19-16/h2-6,9,12-13H,7-8,10-11,18H2,1H3. The van der Waals surface area contributed by atoms with E-state index >= 15 is 0 Å². The summed E-state index contributed by atoms with van der Waals surface area (Å²) in [6, 6.07) is 9.78. The number of fused-ring (bicyclic) bond motifs is 1. The smallest absolute Gasteiger partial charge is 0.254 e. The maximum Gasteiger partial charge on any atom is 0.254 e. The monoisotopic (exact) mass is 283 g/mol. The van der Waals surface area contributed by atoms with Crippen molar-refractivity contribution >= 4 is 16.8 Å². The first-order chi connectivity index (χ1) is 10.2. The Bertz CT molecular complexity index is 640. The van der Waals surface area contributed by atoms with E-state index in [9.17, 15) is 4.79 Å². The van der Waals surface area contributed by atoms with Crippen LogP contribution in [0.3, 0.4) is 0 Å². The molecule has 4 heteroatoms. The van der Waals surface area contributed by atoms with Crippen LogP contribution in [0.15, 0.2) is 36.5 Å². The number of likely N-dealkylation sites (tertiary alicyclic amines) is 1. The summed E-state index contributed by atoms with van der Waals surface area (Å²) >= 11 is 0. The number of nitrogens with two attached hydrogens (primary N) is 1. The van der Waals surface area contributed by atoms with Crippen molar-refractivity contribution in [2.45, 2.75) is 25.8 Å². The summed E-state index contributed by atoms with van der Waals surface area (Å²) in [5, 5.41) is 0.930. The summed E-state index contributed by atoms with van der Waals surface area (Å²) in [4.78, 5) is 19.0. The second-order valence-electron chi connectivity index (χ2n) is 5.86. The van der Waals surface area contributed by atoms with E-state index in [0.717, 1.165) is 42.4 Å². The minimum Gasteiger partial charge on any atom is -0.339 e. The fourth-order valence-corrected chi connectivity index (χ4v) is 3.09. The van der Waals surface area contributed by atoms with Gasteiger partial charge in [0.2, 0.25) is 0 Å². The van der Waals surface area contributed by atoms with Crippen molar-refractivity contribution in [3.05, 3.63) is 42.1 Å².